The van der Waals surface area contributed by atoms with Gasteiger partial charge in [0.2, 0.25) is 0 Å². The van der Waals surface area contributed by atoms with E-state index in [1.165, 1.54) is 0 Å². The van der Waals surface area contributed by atoms with Crippen molar-refractivity contribution in [2.24, 2.45) is 0 Å². The highest BCUT2D eigenvalue weighted by molar-refractivity contribution is 6.31. The molecule has 0 saturated heterocycles. The topological polar surface area (TPSA) is 73.2 Å². The molecule has 1 aromatic carbocycles. The average molecular weight is 364 g/mol. The number of aryl methyl sites for hydroxylation is 1. The molecule has 25 heavy (non-hydrogen) atoms. The van der Waals surface area contributed by atoms with E-state index >= 15 is 0 Å². The van der Waals surface area contributed by atoms with Crippen LogP contribution in [0.2, 0.25) is 5.02 Å². The summed E-state index contributed by atoms with van der Waals surface area (Å²) < 4.78 is 6.91. The molecule has 0 fully saturated rings. The minimum Gasteiger partial charge on any atom is -0.449 e. The highest BCUT2D eigenvalue weighted by Crippen LogP contribution is 2.22. The number of hydrogen-bond acceptors (Lipinski definition) is 4. The third kappa shape index (κ3) is 4.39. The Bertz CT molecular complexity index is 782. The van der Waals surface area contributed by atoms with Crippen LogP contribution in [0.3, 0.4) is 0 Å². The maximum Gasteiger partial charge on any atom is 0.338 e. The Morgan fingerprint density at radius 2 is 1.76 bits per heavy atom. The lowest BCUT2D eigenvalue weighted by molar-refractivity contribution is -0.129. The summed E-state index contributed by atoms with van der Waals surface area (Å²) >= 11 is 6.16. The summed E-state index contributed by atoms with van der Waals surface area (Å²) in [5, 5.41) is 7.69. The van der Waals surface area contributed by atoms with Crippen LogP contribution in [0.5, 0.6) is 0 Å². The molecule has 1 atom stereocenters. The molecule has 6 nitrogen and oxygen atoms in total. The van der Waals surface area contributed by atoms with E-state index in [4.69, 9.17) is 16.3 Å². The van der Waals surface area contributed by atoms with E-state index in [1.54, 1.807) is 35.9 Å². The first kappa shape index (κ1) is 19.0. The van der Waals surface area contributed by atoms with Crippen molar-refractivity contribution < 1.29 is 14.3 Å². The highest BCUT2D eigenvalue weighted by Gasteiger charge is 2.19. The normalized spacial score (nSPS) is 12.1. The fourth-order valence-corrected chi connectivity index (χ4v) is 2.42. The van der Waals surface area contributed by atoms with E-state index < -0.39 is 12.1 Å². The van der Waals surface area contributed by atoms with Crippen molar-refractivity contribution in [3.05, 3.63) is 46.2 Å². The summed E-state index contributed by atoms with van der Waals surface area (Å²) in [4.78, 5) is 24.0. The van der Waals surface area contributed by atoms with E-state index in [2.05, 4.69) is 10.4 Å². The molecule has 1 amide bonds. The molecule has 1 aromatic heterocycles. The van der Waals surface area contributed by atoms with Gasteiger partial charge in [-0.2, -0.15) is 5.10 Å². The molecule has 1 heterocycles. The summed E-state index contributed by atoms with van der Waals surface area (Å²) in [6.07, 6.45) is -0.857. The number of halogens is 1. The number of rotatable bonds is 5. The molecular formula is C18H22ClN3O3. The number of esters is 1. The number of ether oxygens (including phenoxy) is 1. The Hall–Kier alpha value is -2.34. The number of hydrogen-bond donors (Lipinski definition) is 1. The molecule has 0 aliphatic carbocycles. The Morgan fingerprint density at radius 3 is 2.24 bits per heavy atom. The standard InChI is InChI=1S/C18H22ClN3O3/c1-10(2)20-17(23)13(5)25-18(24)14-6-8-15(9-7-14)22-12(4)16(19)11(3)21-22/h6-10,13H,1-5H3,(H,20,23)/t13-/m0/s1. The van der Waals surface area contributed by atoms with Crippen LogP contribution in [-0.4, -0.2) is 33.8 Å². The van der Waals surface area contributed by atoms with Crippen LogP contribution in [0.25, 0.3) is 5.69 Å². The van der Waals surface area contributed by atoms with Crippen LogP contribution in [0.15, 0.2) is 24.3 Å². The molecule has 0 radical (unpaired) electrons. The molecular weight excluding hydrogens is 342 g/mol. The van der Waals surface area contributed by atoms with Crippen LogP contribution < -0.4 is 5.32 Å². The first-order valence-corrected chi connectivity index (χ1v) is 8.42. The fourth-order valence-electron chi connectivity index (χ4n) is 2.30. The summed E-state index contributed by atoms with van der Waals surface area (Å²) in [5.74, 6) is -0.874. The number of carbonyl (C=O) groups excluding carboxylic acids is 2. The second-order valence-electron chi connectivity index (χ2n) is 6.15. The first-order chi connectivity index (χ1) is 11.7. The number of nitrogens with one attached hydrogen (secondary N) is 1. The highest BCUT2D eigenvalue weighted by atomic mass is 35.5. The Morgan fingerprint density at radius 1 is 1.16 bits per heavy atom. The summed E-state index contributed by atoms with van der Waals surface area (Å²) in [6, 6.07) is 6.76. The number of carbonyl (C=O) groups is 2. The molecule has 0 aliphatic heterocycles. The van der Waals surface area contributed by atoms with Crippen molar-refractivity contribution in [1.82, 2.24) is 15.1 Å². The Balaban J connectivity index is 2.10. The summed E-state index contributed by atoms with van der Waals surface area (Å²) in [7, 11) is 0. The molecule has 0 unspecified atom stereocenters. The van der Waals surface area contributed by atoms with E-state index in [1.807, 2.05) is 27.7 Å². The first-order valence-electron chi connectivity index (χ1n) is 8.04. The zero-order chi connectivity index (χ0) is 18.7. The van der Waals surface area contributed by atoms with E-state index in [9.17, 15) is 9.59 Å². The van der Waals surface area contributed by atoms with Crippen LogP contribution in [-0.2, 0) is 9.53 Å². The van der Waals surface area contributed by atoms with Gasteiger partial charge in [0.25, 0.3) is 5.91 Å². The van der Waals surface area contributed by atoms with Gasteiger partial charge in [-0.1, -0.05) is 11.6 Å². The van der Waals surface area contributed by atoms with E-state index in [-0.39, 0.29) is 11.9 Å². The number of benzene rings is 1. The van der Waals surface area contributed by atoms with Gasteiger partial charge in [-0.15, -0.1) is 0 Å². The lowest BCUT2D eigenvalue weighted by Gasteiger charge is -2.15. The minimum atomic E-state index is -0.857. The molecule has 134 valence electrons. The number of nitrogens with zero attached hydrogens (tertiary/aromatic N) is 2. The van der Waals surface area contributed by atoms with Crippen molar-refractivity contribution in [1.29, 1.82) is 0 Å². The summed E-state index contributed by atoms with van der Waals surface area (Å²) in [5.41, 5.74) is 2.72. The van der Waals surface area contributed by atoms with Crippen LogP contribution >= 0.6 is 11.6 Å². The number of aromatic nitrogens is 2. The van der Waals surface area contributed by atoms with Crippen molar-refractivity contribution in [2.75, 3.05) is 0 Å². The second kappa shape index (κ2) is 7.70. The maximum atomic E-state index is 12.2. The lowest BCUT2D eigenvalue weighted by Crippen LogP contribution is -2.39. The Kier molecular flexibility index (Phi) is 5.85. The van der Waals surface area contributed by atoms with Crippen LogP contribution in [0.1, 0.15) is 42.5 Å². The van der Waals surface area contributed by atoms with Gasteiger partial charge < -0.3 is 10.1 Å². The van der Waals surface area contributed by atoms with Gasteiger partial charge in [-0.3, -0.25) is 4.79 Å². The molecule has 7 heteroatoms. The molecule has 2 aromatic rings. The van der Waals surface area contributed by atoms with Gasteiger partial charge >= 0.3 is 5.97 Å². The third-order valence-electron chi connectivity index (χ3n) is 3.63. The zero-order valence-electron chi connectivity index (χ0n) is 15.0. The fraction of sp³-hybridized carbons (Fsp3) is 0.389. The maximum absolute atomic E-state index is 12.2. The van der Waals surface area contributed by atoms with Gasteiger partial charge in [0.1, 0.15) is 0 Å². The van der Waals surface area contributed by atoms with Crippen molar-refractivity contribution in [2.45, 2.75) is 46.8 Å². The molecule has 0 aliphatic rings. The third-order valence-corrected chi connectivity index (χ3v) is 4.18. The quantitative estimate of drug-likeness (QED) is 0.828. The van der Waals surface area contributed by atoms with Crippen molar-refractivity contribution >= 4 is 23.5 Å². The zero-order valence-corrected chi connectivity index (χ0v) is 15.7. The number of amides is 1. The van der Waals surface area contributed by atoms with Gasteiger partial charge in [0, 0.05) is 6.04 Å². The predicted octanol–water partition coefficient (Wildman–Crippen LogP) is 3.21. The lowest BCUT2D eigenvalue weighted by atomic mass is 10.2. The van der Waals surface area contributed by atoms with Crippen LogP contribution in [0, 0.1) is 13.8 Å². The van der Waals surface area contributed by atoms with E-state index in [0.717, 1.165) is 17.1 Å². The second-order valence-corrected chi connectivity index (χ2v) is 6.53. The molecule has 1 N–H and O–H groups in total. The molecule has 0 spiro atoms. The van der Waals surface area contributed by atoms with Crippen molar-refractivity contribution in [3.8, 4) is 5.69 Å². The Labute approximate surface area is 152 Å². The van der Waals surface area contributed by atoms with Crippen molar-refractivity contribution in [3.63, 3.8) is 0 Å². The molecule has 0 bridgehead atoms. The summed E-state index contributed by atoms with van der Waals surface area (Å²) in [6.45, 7) is 8.94. The van der Waals surface area contributed by atoms with Gasteiger partial charge in [-0.05, 0) is 58.9 Å². The van der Waals surface area contributed by atoms with Crippen LogP contribution in [0.4, 0.5) is 0 Å². The van der Waals surface area contributed by atoms with E-state index in [0.29, 0.717) is 10.6 Å². The minimum absolute atomic E-state index is 0.0134. The van der Waals surface area contributed by atoms with Gasteiger partial charge in [0.05, 0.1) is 27.7 Å². The smallest absolute Gasteiger partial charge is 0.338 e. The van der Waals surface area contributed by atoms with Gasteiger partial charge in [0.15, 0.2) is 6.10 Å². The largest absolute Gasteiger partial charge is 0.449 e. The van der Waals surface area contributed by atoms with Gasteiger partial charge in [-0.25, -0.2) is 9.48 Å². The molecule has 2 rings (SSSR count). The average Bonchev–Trinajstić information content (AvgIpc) is 2.81. The molecule has 0 saturated carbocycles. The monoisotopic (exact) mass is 363 g/mol. The SMILES string of the molecule is Cc1nn(-c2ccc(C(=O)O[C@@H](C)C(=O)NC(C)C)cc2)c(C)c1Cl. The predicted molar refractivity (Wildman–Crippen MR) is 96.2 cm³/mol.